The zero-order valence-electron chi connectivity index (χ0n) is 13.6. The number of anilines is 1. The lowest BCUT2D eigenvalue weighted by atomic mass is 9.52. The molecule has 4 bridgehead atoms. The molecule has 1 aromatic carbocycles. The SMILES string of the molecule is O=C(NNc1ncnc2ccccc12)C1C2CC3CC(C2)CC1C3. The highest BCUT2D eigenvalue weighted by atomic mass is 16.2. The third-order valence-corrected chi connectivity index (χ3v) is 6.38. The van der Waals surface area contributed by atoms with Crippen LogP contribution < -0.4 is 10.9 Å². The molecular formula is C19H22N4O. The third kappa shape index (κ3) is 2.26. The average molecular weight is 322 g/mol. The number of aromatic nitrogens is 2. The van der Waals surface area contributed by atoms with Crippen LogP contribution in [0.15, 0.2) is 30.6 Å². The minimum absolute atomic E-state index is 0.145. The van der Waals surface area contributed by atoms with Crippen LogP contribution in [-0.2, 0) is 4.79 Å². The monoisotopic (exact) mass is 322 g/mol. The van der Waals surface area contributed by atoms with Gasteiger partial charge in [0.15, 0.2) is 5.82 Å². The summed E-state index contributed by atoms with van der Waals surface area (Å²) in [4.78, 5) is 21.4. The summed E-state index contributed by atoms with van der Waals surface area (Å²) in [6, 6.07) is 7.82. The maximum atomic E-state index is 12.8. The molecule has 0 unspecified atom stereocenters. The van der Waals surface area contributed by atoms with Crippen LogP contribution in [-0.4, -0.2) is 15.9 Å². The van der Waals surface area contributed by atoms with E-state index in [1.54, 1.807) is 0 Å². The quantitative estimate of drug-likeness (QED) is 0.852. The summed E-state index contributed by atoms with van der Waals surface area (Å²) in [6.45, 7) is 0. The topological polar surface area (TPSA) is 66.9 Å². The Morgan fingerprint density at radius 1 is 0.958 bits per heavy atom. The molecule has 0 aliphatic heterocycles. The van der Waals surface area contributed by atoms with Gasteiger partial charge in [-0.3, -0.25) is 15.6 Å². The van der Waals surface area contributed by atoms with Crippen LogP contribution in [0.5, 0.6) is 0 Å². The van der Waals surface area contributed by atoms with Gasteiger partial charge in [0.2, 0.25) is 5.91 Å². The van der Waals surface area contributed by atoms with Gasteiger partial charge in [0, 0.05) is 11.3 Å². The lowest BCUT2D eigenvalue weighted by Crippen LogP contribution is -2.51. The van der Waals surface area contributed by atoms with E-state index in [2.05, 4.69) is 20.8 Å². The van der Waals surface area contributed by atoms with E-state index in [4.69, 9.17) is 0 Å². The standard InChI is InChI=1S/C19H22N4O/c24-19(17-13-6-11-5-12(8-13)9-14(17)7-11)23-22-18-15-3-1-2-4-16(15)20-10-21-18/h1-4,10-14,17H,5-9H2,(H,23,24)(H,20,21,22). The van der Waals surface area contributed by atoms with Gasteiger partial charge in [0.25, 0.3) is 0 Å². The van der Waals surface area contributed by atoms with Crippen molar-refractivity contribution in [3.8, 4) is 0 Å². The highest BCUT2D eigenvalue weighted by Gasteiger charge is 2.50. The smallest absolute Gasteiger partial charge is 0.242 e. The first-order valence-electron chi connectivity index (χ1n) is 9.03. The molecule has 1 heterocycles. The van der Waals surface area contributed by atoms with Gasteiger partial charge in [-0.25, -0.2) is 9.97 Å². The maximum absolute atomic E-state index is 12.8. The number of hydrogen-bond acceptors (Lipinski definition) is 4. The Kier molecular flexibility index (Phi) is 3.21. The van der Waals surface area contributed by atoms with E-state index in [0.29, 0.717) is 17.7 Å². The Bertz CT molecular complexity index is 757. The van der Waals surface area contributed by atoms with Gasteiger partial charge in [-0.15, -0.1) is 0 Å². The molecule has 0 saturated heterocycles. The number of carbonyl (C=O) groups excluding carboxylic acids is 1. The van der Waals surface area contributed by atoms with Gasteiger partial charge >= 0.3 is 0 Å². The van der Waals surface area contributed by atoms with Crippen LogP contribution >= 0.6 is 0 Å². The Hall–Kier alpha value is -2.17. The fourth-order valence-electron chi connectivity index (χ4n) is 5.66. The molecule has 1 aromatic heterocycles. The Morgan fingerprint density at radius 3 is 2.42 bits per heavy atom. The largest absolute Gasteiger partial charge is 0.281 e. The van der Waals surface area contributed by atoms with Crippen molar-refractivity contribution in [2.45, 2.75) is 32.1 Å². The molecule has 124 valence electrons. The molecule has 4 saturated carbocycles. The number of hydrazine groups is 1. The molecule has 24 heavy (non-hydrogen) atoms. The van der Waals surface area contributed by atoms with Crippen molar-refractivity contribution in [2.75, 3.05) is 5.43 Å². The van der Waals surface area contributed by atoms with Crippen LogP contribution in [0.4, 0.5) is 5.82 Å². The van der Waals surface area contributed by atoms with E-state index in [9.17, 15) is 4.79 Å². The summed E-state index contributed by atoms with van der Waals surface area (Å²) in [7, 11) is 0. The Labute approximate surface area is 141 Å². The first kappa shape index (κ1) is 14.2. The number of amides is 1. The number of para-hydroxylation sites is 1. The molecular weight excluding hydrogens is 300 g/mol. The maximum Gasteiger partial charge on any atom is 0.242 e. The average Bonchev–Trinajstić information content (AvgIpc) is 2.59. The summed E-state index contributed by atoms with van der Waals surface area (Å²) in [5.41, 5.74) is 6.86. The second-order valence-electron chi connectivity index (χ2n) is 7.81. The molecule has 1 amide bonds. The number of rotatable bonds is 3. The van der Waals surface area contributed by atoms with Crippen LogP contribution in [0, 0.1) is 29.6 Å². The van der Waals surface area contributed by atoms with Crippen LogP contribution in [0.25, 0.3) is 10.9 Å². The molecule has 2 N–H and O–H groups in total. The summed E-state index contributed by atoms with van der Waals surface area (Å²) in [5.74, 6) is 3.93. The van der Waals surface area contributed by atoms with E-state index < -0.39 is 0 Å². The van der Waals surface area contributed by atoms with E-state index in [-0.39, 0.29) is 11.8 Å². The van der Waals surface area contributed by atoms with E-state index in [1.165, 1.54) is 38.4 Å². The van der Waals surface area contributed by atoms with Crippen LogP contribution in [0.2, 0.25) is 0 Å². The number of fused-ring (bicyclic) bond motifs is 1. The highest BCUT2D eigenvalue weighted by molar-refractivity contribution is 5.90. The summed E-state index contributed by atoms with van der Waals surface area (Å²) in [6.07, 6.45) is 7.94. The van der Waals surface area contributed by atoms with Gasteiger partial charge in [0.1, 0.15) is 6.33 Å². The van der Waals surface area contributed by atoms with Gasteiger partial charge in [-0.1, -0.05) is 12.1 Å². The fraction of sp³-hybridized carbons (Fsp3) is 0.526. The van der Waals surface area contributed by atoms with Crippen molar-refractivity contribution in [1.29, 1.82) is 0 Å². The summed E-state index contributed by atoms with van der Waals surface area (Å²) < 4.78 is 0. The summed E-state index contributed by atoms with van der Waals surface area (Å²) in [5, 5.41) is 0.922. The lowest BCUT2D eigenvalue weighted by Gasteiger charge is -2.53. The number of benzene rings is 1. The van der Waals surface area contributed by atoms with Crippen LogP contribution in [0.3, 0.4) is 0 Å². The Balaban J connectivity index is 1.32. The zero-order chi connectivity index (χ0) is 16.1. The Morgan fingerprint density at radius 2 is 1.67 bits per heavy atom. The molecule has 0 atom stereocenters. The van der Waals surface area contributed by atoms with Crippen molar-refractivity contribution < 1.29 is 4.79 Å². The van der Waals surface area contributed by atoms with Crippen LogP contribution in [0.1, 0.15) is 32.1 Å². The molecule has 2 aromatic rings. The van der Waals surface area contributed by atoms with Crippen molar-refractivity contribution in [2.24, 2.45) is 29.6 Å². The zero-order valence-corrected chi connectivity index (χ0v) is 13.6. The second kappa shape index (κ2) is 5.43. The van der Waals surface area contributed by atoms with Crippen molar-refractivity contribution in [1.82, 2.24) is 15.4 Å². The molecule has 4 aliphatic carbocycles. The van der Waals surface area contributed by atoms with Gasteiger partial charge in [-0.2, -0.15) is 0 Å². The minimum atomic E-state index is 0.145. The second-order valence-corrected chi connectivity index (χ2v) is 7.81. The normalized spacial score (nSPS) is 33.6. The first-order chi connectivity index (χ1) is 11.8. The molecule has 5 nitrogen and oxygen atoms in total. The molecule has 6 rings (SSSR count). The summed E-state index contributed by atoms with van der Waals surface area (Å²) >= 11 is 0. The number of nitrogens with one attached hydrogen (secondary N) is 2. The molecule has 4 aliphatic rings. The van der Waals surface area contributed by atoms with E-state index >= 15 is 0 Å². The molecule has 0 spiro atoms. The van der Waals surface area contributed by atoms with Gasteiger partial charge in [-0.05, 0) is 67.9 Å². The first-order valence-corrected chi connectivity index (χ1v) is 9.03. The third-order valence-electron chi connectivity index (χ3n) is 6.38. The number of nitrogens with zero attached hydrogens (tertiary/aromatic N) is 2. The predicted octanol–water partition coefficient (Wildman–Crippen LogP) is 3.15. The van der Waals surface area contributed by atoms with Gasteiger partial charge < -0.3 is 0 Å². The predicted molar refractivity (Wildman–Crippen MR) is 91.8 cm³/mol. The van der Waals surface area contributed by atoms with Crippen molar-refractivity contribution >= 4 is 22.6 Å². The molecule has 0 radical (unpaired) electrons. The molecule has 4 fully saturated rings. The van der Waals surface area contributed by atoms with E-state index in [1.807, 2.05) is 24.3 Å². The van der Waals surface area contributed by atoms with Crippen molar-refractivity contribution in [3.63, 3.8) is 0 Å². The fourth-order valence-corrected chi connectivity index (χ4v) is 5.66. The lowest BCUT2D eigenvalue weighted by molar-refractivity contribution is -0.137. The number of hydrogen-bond donors (Lipinski definition) is 2. The van der Waals surface area contributed by atoms with Gasteiger partial charge in [0.05, 0.1) is 5.52 Å². The highest BCUT2D eigenvalue weighted by Crippen LogP contribution is 2.56. The minimum Gasteiger partial charge on any atom is -0.281 e. The molecule has 5 heteroatoms. The number of carbonyl (C=O) groups is 1. The van der Waals surface area contributed by atoms with E-state index in [0.717, 1.165) is 22.7 Å². The van der Waals surface area contributed by atoms with Crippen molar-refractivity contribution in [3.05, 3.63) is 30.6 Å².